The molecule has 1 aromatic heterocycles. The van der Waals surface area contributed by atoms with Crippen molar-refractivity contribution >= 4 is 11.5 Å². The minimum atomic E-state index is 0.401. The van der Waals surface area contributed by atoms with Gasteiger partial charge in [0.25, 0.3) is 0 Å². The molecule has 3 N–H and O–H groups in total. The molecular formula is C15H27N3O. The minimum Gasteiger partial charge on any atom is -0.476 e. The van der Waals surface area contributed by atoms with Crippen LogP contribution in [-0.2, 0) is 0 Å². The number of nitrogens with two attached hydrogens (primary N) is 1. The van der Waals surface area contributed by atoms with Gasteiger partial charge in [0.1, 0.15) is 5.82 Å². The average Bonchev–Trinajstić information content (AvgIpc) is 2.37. The minimum absolute atomic E-state index is 0.401. The molecule has 0 spiro atoms. The molecule has 0 aromatic carbocycles. The fourth-order valence-corrected chi connectivity index (χ4v) is 1.75. The molecule has 4 heteroatoms. The van der Waals surface area contributed by atoms with Gasteiger partial charge in [0.2, 0.25) is 5.88 Å². The summed E-state index contributed by atoms with van der Waals surface area (Å²) in [5.41, 5.74) is 6.44. The predicted octanol–water partition coefficient (Wildman–Crippen LogP) is 3.69. The first-order chi connectivity index (χ1) is 9.02. The molecule has 19 heavy (non-hydrogen) atoms. The molecule has 1 atom stereocenters. The Hall–Kier alpha value is -1.45. The van der Waals surface area contributed by atoms with Crippen molar-refractivity contribution in [2.75, 3.05) is 17.7 Å². The van der Waals surface area contributed by atoms with Gasteiger partial charge < -0.3 is 15.8 Å². The first-order valence-electron chi connectivity index (χ1n) is 7.18. The van der Waals surface area contributed by atoms with Crippen LogP contribution in [0.15, 0.2) is 12.1 Å². The zero-order valence-corrected chi connectivity index (χ0v) is 12.6. The second kappa shape index (κ2) is 7.87. The molecule has 0 fully saturated rings. The average molecular weight is 265 g/mol. The van der Waals surface area contributed by atoms with Gasteiger partial charge in [-0.05, 0) is 44.2 Å². The Kier molecular flexibility index (Phi) is 6.46. The SMILES string of the molecule is CCCOc1nc(NC(C)CCC(C)C)ccc1N. The third kappa shape index (κ3) is 5.81. The van der Waals surface area contributed by atoms with E-state index in [1.807, 2.05) is 12.1 Å². The number of rotatable bonds is 8. The molecule has 0 aliphatic carbocycles. The van der Waals surface area contributed by atoms with Crippen molar-refractivity contribution < 1.29 is 4.74 Å². The number of anilines is 2. The lowest BCUT2D eigenvalue weighted by atomic mass is 10.0. The van der Waals surface area contributed by atoms with Crippen LogP contribution >= 0.6 is 0 Å². The van der Waals surface area contributed by atoms with Crippen molar-refractivity contribution in [2.24, 2.45) is 5.92 Å². The van der Waals surface area contributed by atoms with Crippen LogP contribution in [0.1, 0.15) is 47.0 Å². The van der Waals surface area contributed by atoms with Crippen LogP contribution in [0.25, 0.3) is 0 Å². The largest absolute Gasteiger partial charge is 0.476 e. The van der Waals surface area contributed by atoms with Crippen molar-refractivity contribution in [1.82, 2.24) is 4.98 Å². The van der Waals surface area contributed by atoms with Gasteiger partial charge >= 0.3 is 0 Å². The van der Waals surface area contributed by atoms with E-state index in [4.69, 9.17) is 10.5 Å². The zero-order chi connectivity index (χ0) is 14.3. The zero-order valence-electron chi connectivity index (χ0n) is 12.6. The van der Waals surface area contributed by atoms with Crippen molar-refractivity contribution in [3.05, 3.63) is 12.1 Å². The second-order valence-electron chi connectivity index (χ2n) is 5.46. The Morgan fingerprint density at radius 3 is 2.63 bits per heavy atom. The van der Waals surface area contributed by atoms with Crippen molar-refractivity contribution in [1.29, 1.82) is 0 Å². The lowest BCUT2D eigenvalue weighted by Gasteiger charge is -2.16. The van der Waals surface area contributed by atoms with Crippen molar-refractivity contribution in [2.45, 2.75) is 53.0 Å². The van der Waals surface area contributed by atoms with E-state index in [1.165, 1.54) is 6.42 Å². The van der Waals surface area contributed by atoms with E-state index in [0.29, 0.717) is 24.2 Å². The molecule has 1 rings (SSSR count). The highest BCUT2D eigenvalue weighted by Crippen LogP contribution is 2.22. The number of pyridine rings is 1. The normalized spacial score (nSPS) is 12.5. The Morgan fingerprint density at radius 2 is 2.00 bits per heavy atom. The Bertz CT molecular complexity index is 380. The molecule has 0 saturated carbocycles. The third-order valence-corrected chi connectivity index (χ3v) is 2.90. The van der Waals surface area contributed by atoms with Crippen LogP contribution in [0, 0.1) is 5.92 Å². The molecule has 0 aliphatic rings. The smallest absolute Gasteiger partial charge is 0.239 e. The molecule has 0 aliphatic heterocycles. The Morgan fingerprint density at radius 1 is 1.26 bits per heavy atom. The standard InChI is InChI=1S/C15H27N3O/c1-5-10-19-15-13(16)8-9-14(18-15)17-12(4)7-6-11(2)3/h8-9,11-12H,5-7,10,16H2,1-4H3,(H,17,18). The summed E-state index contributed by atoms with van der Waals surface area (Å²) in [6.07, 6.45) is 3.29. The maximum absolute atomic E-state index is 5.84. The molecule has 108 valence electrons. The van der Waals surface area contributed by atoms with E-state index >= 15 is 0 Å². The highest BCUT2D eigenvalue weighted by atomic mass is 16.5. The fourth-order valence-electron chi connectivity index (χ4n) is 1.75. The third-order valence-electron chi connectivity index (χ3n) is 2.90. The van der Waals surface area contributed by atoms with E-state index < -0.39 is 0 Å². The van der Waals surface area contributed by atoms with Crippen molar-refractivity contribution in [3.63, 3.8) is 0 Å². The van der Waals surface area contributed by atoms with E-state index in [-0.39, 0.29) is 0 Å². The van der Waals surface area contributed by atoms with Crippen LogP contribution in [-0.4, -0.2) is 17.6 Å². The number of nitrogens with zero attached hydrogens (tertiary/aromatic N) is 1. The number of aromatic nitrogens is 1. The lowest BCUT2D eigenvalue weighted by Crippen LogP contribution is -2.17. The summed E-state index contributed by atoms with van der Waals surface area (Å²) >= 11 is 0. The maximum Gasteiger partial charge on any atom is 0.239 e. The van der Waals surface area contributed by atoms with Gasteiger partial charge in [0.15, 0.2) is 0 Å². The molecule has 0 radical (unpaired) electrons. The molecular weight excluding hydrogens is 238 g/mol. The Balaban J connectivity index is 2.58. The first kappa shape index (κ1) is 15.6. The lowest BCUT2D eigenvalue weighted by molar-refractivity contribution is 0.307. The highest BCUT2D eigenvalue weighted by molar-refractivity contribution is 5.53. The van der Waals surface area contributed by atoms with Gasteiger partial charge in [-0.15, -0.1) is 0 Å². The summed E-state index contributed by atoms with van der Waals surface area (Å²) in [4.78, 5) is 4.42. The molecule has 1 unspecified atom stereocenters. The fraction of sp³-hybridized carbons (Fsp3) is 0.667. The Labute approximate surface area is 116 Å². The van der Waals surface area contributed by atoms with E-state index in [9.17, 15) is 0 Å². The van der Waals surface area contributed by atoms with Crippen molar-refractivity contribution in [3.8, 4) is 5.88 Å². The van der Waals surface area contributed by atoms with Crippen LogP contribution < -0.4 is 15.8 Å². The van der Waals surface area contributed by atoms with E-state index in [1.54, 1.807) is 0 Å². The second-order valence-corrected chi connectivity index (χ2v) is 5.46. The predicted molar refractivity (Wildman–Crippen MR) is 81.6 cm³/mol. The first-order valence-corrected chi connectivity index (χ1v) is 7.18. The molecule has 0 amide bonds. The number of hydrogen-bond donors (Lipinski definition) is 2. The topological polar surface area (TPSA) is 60.2 Å². The number of nitrogens with one attached hydrogen (secondary N) is 1. The van der Waals surface area contributed by atoms with E-state index in [0.717, 1.165) is 24.6 Å². The van der Waals surface area contributed by atoms with Crippen LogP contribution in [0.3, 0.4) is 0 Å². The van der Waals surface area contributed by atoms with E-state index in [2.05, 4.69) is 38.0 Å². The van der Waals surface area contributed by atoms with Gasteiger partial charge in [-0.2, -0.15) is 4.98 Å². The number of hydrogen-bond acceptors (Lipinski definition) is 4. The summed E-state index contributed by atoms with van der Waals surface area (Å²) < 4.78 is 5.53. The van der Waals surface area contributed by atoms with Gasteiger partial charge in [-0.3, -0.25) is 0 Å². The highest BCUT2D eigenvalue weighted by Gasteiger charge is 2.07. The summed E-state index contributed by atoms with van der Waals surface area (Å²) in [6, 6.07) is 4.15. The number of nitrogen functional groups attached to an aromatic ring is 1. The summed E-state index contributed by atoms with van der Waals surface area (Å²) in [6.45, 7) is 9.36. The van der Waals surface area contributed by atoms with Gasteiger partial charge in [0.05, 0.1) is 12.3 Å². The summed E-state index contributed by atoms with van der Waals surface area (Å²) in [5, 5.41) is 3.39. The van der Waals surface area contributed by atoms with Gasteiger partial charge in [-0.25, -0.2) is 0 Å². The van der Waals surface area contributed by atoms with Crippen LogP contribution in [0.4, 0.5) is 11.5 Å². The summed E-state index contributed by atoms with van der Waals surface area (Å²) in [5.74, 6) is 2.09. The molecule has 0 saturated heterocycles. The number of ether oxygens (including phenoxy) is 1. The van der Waals surface area contributed by atoms with Gasteiger partial charge in [0, 0.05) is 6.04 Å². The van der Waals surface area contributed by atoms with Gasteiger partial charge in [-0.1, -0.05) is 20.8 Å². The summed E-state index contributed by atoms with van der Waals surface area (Å²) in [7, 11) is 0. The van der Waals surface area contributed by atoms with Crippen LogP contribution in [0.2, 0.25) is 0 Å². The monoisotopic (exact) mass is 265 g/mol. The molecule has 1 heterocycles. The molecule has 4 nitrogen and oxygen atoms in total. The quantitative estimate of drug-likeness (QED) is 0.752. The van der Waals surface area contributed by atoms with Crippen LogP contribution in [0.5, 0.6) is 5.88 Å². The maximum atomic E-state index is 5.84. The molecule has 1 aromatic rings. The molecule has 0 bridgehead atoms.